The molecule has 1 amide bonds. The number of carbonyl (C=O) groups is 1. The fourth-order valence-electron chi connectivity index (χ4n) is 4.78. The zero-order valence-electron chi connectivity index (χ0n) is 20.6. The van der Waals surface area contributed by atoms with Gasteiger partial charge in [-0.05, 0) is 48.4 Å². The first kappa shape index (κ1) is 26.8. The Kier molecular flexibility index (Phi) is 8.61. The summed E-state index contributed by atoms with van der Waals surface area (Å²) in [6, 6.07) is 9.88. The molecule has 2 N–H and O–H groups in total. The second-order valence-corrected chi connectivity index (χ2v) is 9.05. The highest BCUT2D eigenvalue weighted by atomic mass is 19.4. The van der Waals surface area contributed by atoms with Crippen molar-refractivity contribution in [2.24, 2.45) is 5.73 Å². The van der Waals surface area contributed by atoms with E-state index in [4.69, 9.17) is 10.5 Å². The number of methoxy groups -OCH3 is 1. The summed E-state index contributed by atoms with van der Waals surface area (Å²) >= 11 is 0. The van der Waals surface area contributed by atoms with Crippen molar-refractivity contribution in [1.29, 1.82) is 0 Å². The number of para-hydroxylation sites is 1. The van der Waals surface area contributed by atoms with E-state index in [1.165, 1.54) is 6.07 Å². The monoisotopic (exact) mass is 489 g/mol. The van der Waals surface area contributed by atoms with Crippen molar-refractivity contribution in [3.63, 3.8) is 0 Å². The molecular weight excluding hydrogens is 455 g/mol. The topological polar surface area (TPSA) is 58.8 Å². The van der Waals surface area contributed by atoms with Crippen molar-refractivity contribution in [1.82, 2.24) is 4.90 Å². The summed E-state index contributed by atoms with van der Waals surface area (Å²) in [5, 5.41) is 0. The van der Waals surface area contributed by atoms with Crippen molar-refractivity contribution in [3.8, 4) is 0 Å². The highest BCUT2D eigenvalue weighted by molar-refractivity contribution is 6.20. The van der Waals surface area contributed by atoms with Crippen LogP contribution < -0.4 is 10.6 Å². The molecule has 0 aliphatic carbocycles. The van der Waals surface area contributed by atoms with E-state index in [1.807, 2.05) is 37.1 Å². The van der Waals surface area contributed by atoms with Crippen molar-refractivity contribution in [2.45, 2.75) is 38.4 Å². The van der Waals surface area contributed by atoms with Gasteiger partial charge in [0.15, 0.2) is 0 Å². The van der Waals surface area contributed by atoms with Crippen LogP contribution in [0.4, 0.5) is 18.9 Å². The lowest BCUT2D eigenvalue weighted by atomic mass is 9.85. The number of hydrogen-bond acceptors (Lipinski definition) is 4. The molecule has 190 valence electrons. The first-order chi connectivity index (χ1) is 16.6. The summed E-state index contributed by atoms with van der Waals surface area (Å²) in [6.45, 7) is 8.20. The molecule has 1 heterocycles. The molecule has 1 aliphatic rings. The lowest BCUT2D eigenvalue weighted by molar-refractivity contribution is -0.138. The third-order valence-electron chi connectivity index (χ3n) is 6.71. The predicted molar refractivity (Wildman–Crippen MR) is 133 cm³/mol. The summed E-state index contributed by atoms with van der Waals surface area (Å²) in [7, 11) is 3.59. The van der Waals surface area contributed by atoms with E-state index < -0.39 is 11.7 Å². The summed E-state index contributed by atoms with van der Waals surface area (Å²) in [4.78, 5) is 17.1. The average Bonchev–Trinajstić information content (AvgIpc) is 2.85. The summed E-state index contributed by atoms with van der Waals surface area (Å²) in [5.41, 5.74) is 9.08. The minimum Gasteiger partial charge on any atom is -0.383 e. The fourth-order valence-corrected chi connectivity index (χ4v) is 4.78. The number of carbonyl (C=O) groups excluding carboxylic acids is 1. The van der Waals surface area contributed by atoms with Crippen molar-refractivity contribution in [2.75, 3.05) is 45.3 Å². The number of anilines is 1. The van der Waals surface area contributed by atoms with Gasteiger partial charge in [-0.15, -0.1) is 0 Å². The van der Waals surface area contributed by atoms with Gasteiger partial charge in [0.05, 0.1) is 12.2 Å². The van der Waals surface area contributed by atoms with Crippen LogP contribution in [-0.4, -0.2) is 51.2 Å². The van der Waals surface area contributed by atoms with E-state index in [0.717, 1.165) is 22.9 Å². The molecule has 8 heteroatoms. The van der Waals surface area contributed by atoms with Crippen LogP contribution in [0.3, 0.4) is 0 Å². The van der Waals surface area contributed by atoms with E-state index in [1.54, 1.807) is 18.1 Å². The van der Waals surface area contributed by atoms with Gasteiger partial charge in [-0.1, -0.05) is 36.9 Å². The Morgan fingerprint density at radius 3 is 2.51 bits per heavy atom. The van der Waals surface area contributed by atoms with Crippen LogP contribution in [0.25, 0.3) is 5.57 Å². The predicted octanol–water partition coefficient (Wildman–Crippen LogP) is 4.97. The smallest absolute Gasteiger partial charge is 0.383 e. The van der Waals surface area contributed by atoms with E-state index in [9.17, 15) is 18.0 Å². The van der Waals surface area contributed by atoms with Crippen LogP contribution in [0.15, 0.2) is 43.0 Å². The Balaban J connectivity index is 1.77. The molecule has 2 aromatic carbocycles. The molecular formula is C27H34F3N3O2. The molecule has 1 aliphatic heterocycles. The van der Waals surface area contributed by atoms with E-state index in [-0.39, 0.29) is 23.9 Å². The Hall–Kier alpha value is -2.84. The summed E-state index contributed by atoms with van der Waals surface area (Å²) in [5.74, 6) is -0.479. The molecule has 0 radical (unpaired) electrons. The van der Waals surface area contributed by atoms with E-state index >= 15 is 0 Å². The van der Waals surface area contributed by atoms with Gasteiger partial charge in [0.25, 0.3) is 5.91 Å². The molecule has 0 atom stereocenters. The Morgan fingerprint density at radius 2 is 1.91 bits per heavy atom. The normalized spacial score (nSPS) is 14.8. The number of likely N-dealkylation sites (tertiary alicyclic amines) is 1. The molecule has 2 aromatic rings. The van der Waals surface area contributed by atoms with Gasteiger partial charge in [0.2, 0.25) is 0 Å². The zero-order valence-corrected chi connectivity index (χ0v) is 20.6. The van der Waals surface area contributed by atoms with Crippen LogP contribution in [0.1, 0.15) is 46.6 Å². The number of ether oxygens (including phenoxy) is 1. The maximum absolute atomic E-state index is 13.6. The maximum atomic E-state index is 13.6. The minimum atomic E-state index is -4.43. The average molecular weight is 490 g/mol. The second kappa shape index (κ2) is 11.3. The molecule has 5 nitrogen and oxygen atoms in total. The van der Waals surface area contributed by atoms with Gasteiger partial charge in [-0.25, -0.2) is 0 Å². The number of halogens is 3. The standard InChI is InChI=1S/C27H34F3N3O2/c1-18-6-5-7-22(25(18)32(3)14-15-35-4)19(2)26(34)33-12-10-21(11-13-33)23-16-20(17-31)8-9-24(23)27(28,29)30/h5-9,16,21H,2,10-15,17,31H2,1,3-4H3. The van der Waals surface area contributed by atoms with Gasteiger partial charge >= 0.3 is 6.18 Å². The van der Waals surface area contributed by atoms with E-state index in [2.05, 4.69) is 6.58 Å². The van der Waals surface area contributed by atoms with Gasteiger partial charge in [-0.2, -0.15) is 13.2 Å². The molecule has 0 aromatic heterocycles. The number of nitrogens with two attached hydrogens (primary N) is 1. The molecule has 1 fully saturated rings. The number of aryl methyl sites for hydroxylation is 1. The van der Waals surface area contributed by atoms with Gasteiger partial charge in [0, 0.05) is 57.2 Å². The number of benzene rings is 2. The Bertz CT molecular complexity index is 1060. The number of likely N-dealkylation sites (N-methyl/N-ethyl adjacent to an activating group) is 1. The molecule has 0 unspecified atom stereocenters. The lowest BCUT2D eigenvalue weighted by Gasteiger charge is -2.34. The maximum Gasteiger partial charge on any atom is 0.416 e. The van der Waals surface area contributed by atoms with Gasteiger partial charge < -0.3 is 20.3 Å². The van der Waals surface area contributed by atoms with Crippen molar-refractivity contribution >= 4 is 17.2 Å². The quantitative estimate of drug-likeness (QED) is 0.532. The molecule has 1 saturated heterocycles. The van der Waals surface area contributed by atoms with Crippen LogP contribution in [0.5, 0.6) is 0 Å². The fraction of sp³-hybridized carbons (Fsp3) is 0.444. The Labute approximate surface area is 205 Å². The highest BCUT2D eigenvalue weighted by Gasteiger charge is 2.36. The van der Waals surface area contributed by atoms with E-state index in [0.29, 0.717) is 50.2 Å². The molecule has 0 saturated carbocycles. The third kappa shape index (κ3) is 6.05. The number of amides is 1. The van der Waals surface area contributed by atoms with Gasteiger partial charge in [-0.3, -0.25) is 4.79 Å². The molecule has 0 spiro atoms. The molecule has 35 heavy (non-hydrogen) atoms. The number of piperidine rings is 1. The Morgan fingerprint density at radius 1 is 1.23 bits per heavy atom. The summed E-state index contributed by atoms with van der Waals surface area (Å²) < 4.78 is 46.1. The minimum absolute atomic E-state index is 0.181. The SMILES string of the molecule is C=C(C(=O)N1CCC(c2cc(CN)ccc2C(F)(F)F)CC1)c1cccc(C)c1N(C)CCOC. The zero-order chi connectivity index (χ0) is 25.8. The van der Waals surface area contributed by atoms with Crippen LogP contribution in [0, 0.1) is 6.92 Å². The second-order valence-electron chi connectivity index (χ2n) is 9.05. The largest absolute Gasteiger partial charge is 0.416 e. The van der Waals surface area contributed by atoms with Crippen LogP contribution >= 0.6 is 0 Å². The number of rotatable bonds is 8. The number of nitrogens with zero attached hydrogens (tertiary/aromatic N) is 2. The first-order valence-electron chi connectivity index (χ1n) is 11.8. The molecule has 0 bridgehead atoms. The number of alkyl halides is 3. The third-order valence-corrected chi connectivity index (χ3v) is 6.71. The summed E-state index contributed by atoms with van der Waals surface area (Å²) in [6.07, 6.45) is -3.53. The van der Waals surface area contributed by atoms with Gasteiger partial charge in [0.1, 0.15) is 0 Å². The van der Waals surface area contributed by atoms with Crippen LogP contribution in [-0.2, 0) is 22.3 Å². The lowest BCUT2D eigenvalue weighted by Crippen LogP contribution is -2.38. The van der Waals surface area contributed by atoms with Crippen LogP contribution in [0.2, 0.25) is 0 Å². The molecule has 3 rings (SSSR count). The highest BCUT2D eigenvalue weighted by Crippen LogP contribution is 2.40. The van der Waals surface area contributed by atoms with Crippen molar-refractivity contribution < 1.29 is 22.7 Å². The number of hydrogen-bond donors (Lipinski definition) is 1. The first-order valence-corrected chi connectivity index (χ1v) is 11.8. The van der Waals surface area contributed by atoms with Crippen molar-refractivity contribution in [3.05, 3.63) is 70.8 Å².